The highest BCUT2D eigenvalue weighted by Gasteiger charge is 2.21. The van der Waals surface area contributed by atoms with Crippen molar-refractivity contribution in [1.29, 1.82) is 0 Å². The minimum Gasteiger partial charge on any atom is -0.339 e. The molecule has 2 heterocycles. The van der Waals surface area contributed by atoms with Crippen LogP contribution in [0.5, 0.6) is 0 Å². The molecule has 1 aromatic heterocycles. The van der Waals surface area contributed by atoms with Crippen molar-refractivity contribution in [2.24, 2.45) is 5.73 Å². The van der Waals surface area contributed by atoms with E-state index in [1.165, 1.54) is 24.2 Å². The van der Waals surface area contributed by atoms with Gasteiger partial charge in [0.15, 0.2) is 5.82 Å². The summed E-state index contributed by atoms with van der Waals surface area (Å²) in [7, 11) is 0. The lowest BCUT2D eigenvalue weighted by molar-refractivity contribution is 0.378. The Kier molecular flexibility index (Phi) is 4.38. The Morgan fingerprint density at radius 2 is 2.10 bits per heavy atom. The van der Waals surface area contributed by atoms with Gasteiger partial charge in [-0.25, -0.2) is 0 Å². The molecular weight excluding hydrogens is 270 g/mol. The number of hydrogen-bond donors (Lipinski definition) is 1. The largest absolute Gasteiger partial charge is 0.339 e. The van der Waals surface area contributed by atoms with Crippen LogP contribution < -0.4 is 5.73 Å². The molecule has 0 spiro atoms. The van der Waals surface area contributed by atoms with Gasteiger partial charge >= 0.3 is 0 Å². The molecule has 1 unspecified atom stereocenters. The Hall–Kier alpha value is -1.33. The summed E-state index contributed by atoms with van der Waals surface area (Å²) in [6.07, 6.45) is 4.38. The lowest BCUT2D eigenvalue weighted by Crippen LogP contribution is -2.04. The van der Waals surface area contributed by atoms with Gasteiger partial charge in [-0.2, -0.15) is 16.7 Å². The van der Waals surface area contributed by atoms with E-state index >= 15 is 0 Å². The molecule has 0 radical (unpaired) electrons. The van der Waals surface area contributed by atoms with Gasteiger partial charge in [0.1, 0.15) is 0 Å². The van der Waals surface area contributed by atoms with E-state index in [4.69, 9.17) is 10.3 Å². The van der Waals surface area contributed by atoms with E-state index in [0.717, 1.165) is 17.8 Å². The molecule has 20 heavy (non-hydrogen) atoms. The highest BCUT2D eigenvalue weighted by atomic mass is 32.2. The van der Waals surface area contributed by atoms with E-state index < -0.39 is 0 Å². The monoisotopic (exact) mass is 289 g/mol. The minimum atomic E-state index is 0.408. The van der Waals surface area contributed by atoms with E-state index in [2.05, 4.69) is 16.2 Å². The number of thioether (sulfide) groups is 1. The van der Waals surface area contributed by atoms with E-state index in [1.807, 2.05) is 30.0 Å². The minimum absolute atomic E-state index is 0.408. The van der Waals surface area contributed by atoms with Gasteiger partial charge in [-0.3, -0.25) is 0 Å². The van der Waals surface area contributed by atoms with Gasteiger partial charge in [-0.15, -0.1) is 0 Å². The molecule has 2 aromatic rings. The van der Waals surface area contributed by atoms with Crippen molar-refractivity contribution >= 4 is 11.8 Å². The zero-order chi connectivity index (χ0) is 13.8. The third-order valence-electron chi connectivity index (χ3n) is 3.63. The molecule has 3 rings (SSSR count). The maximum atomic E-state index is 5.76. The fourth-order valence-electron chi connectivity index (χ4n) is 2.51. The quantitative estimate of drug-likeness (QED) is 0.937. The van der Waals surface area contributed by atoms with Crippen molar-refractivity contribution in [3.8, 4) is 0 Å². The smallest absolute Gasteiger partial charge is 0.231 e. The summed E-state index contributed by atoms with van der Waals surface area (Å²) in [5.41, 5.74) is 8.06. The van der Waals surface area contributed by atoms with Crippen LogP contribution in [-0.2, 0) is 13.0 Å². The SMILES string of the molecule is NCc1ccccc1Cc1nc(C2CCCCS2)no1. The molecule has 0 aliphatic carbocycles. The number of nitrogens with two attached hydrogens (primary N) is 1. The molecule has 106 valence electrons. The Balaban J connectivity index is 1.73. The first kappa shape index (κ1) is 13.6. The molecule has 1 atom stereocenters. The van der Waals surface area contributed by atoms with Crippen LogP contribution in [0.15, 0.2) is 28.8 Å². The van der Waals surface area contributed by atoms with Crippen molar-refractivity contribution in [1.82, 2.24) is 10.1 Å². The Morgan fingerprint density at radius 3 is 2.85 bits per heavy atom. The standard InChI is InChI=1S/C15H19N3OS/c16-10-12-6-2-1-5-11(12)9-14-17-15(18-19-14)13-7-3-4-8-20-13/h1-2,5-6,13H,3-4,7-10,16H2. The van der Waals surface area contributed by atoms with Crippen LogP contribution in [0.4, 0.5) is 0 Å². The average Bonchev–Trinajstić information content (AvgIpc) is 2.97. The summed E-state index contributed by atoms with van der Waals surface area (Å²) in [4.78, 5) is 4.57. The van der Waals surface area contributed by atoms with E-state index in [0.29, 0.717) is 24.1 Å². The predicted molar refractivity (Wildman–Crippen MR) is 80.5 cm³/mol. The lowest BCUT2D eigenvalue weighted by Gasteiger charge is -2.17. The molecule has 4 nitrogen and oxygen atoms in total. The summed E-state index contributed by atoms with van der Waals surface area (Å²) in [6.45, 7) is 0.537. The van der Waals surface area contributed by atoms with Crippen molar-refractivity contribution < 1.29 is 4.52 Å². The maximum absolute atomic E-state index is 5.76. The third-order valence-corrected chi connectivity index (χ3v) is 5.00. The van der Waals surface area contributed by atoms with Gasteiger partial charge in [0.25, 0.3) is 0 Å². The molecule has 1 aromatic carbocycles. The van der Waals surface area contributed by atoms with Crippen molar-refractivity contribution in [3.63, 3.8) is 0 Å². The van der Waals surface area contributed by atoms with Gasteiger partial charge < -0.3 is 10.3 Å². The molecule has 1 aliphatic heterocycles. The molecule has 0 amide bonds. The Bertz CT molecular complexity index is 564. The Morgan fingerprint density at radius 1 is 1.25 bits per heavy atom. The fraction of sp³-hybridized carbons (Fsp3) is 0.467. The zero-order valence-corrected chi connectivity index (χ0v) is 12.2. The zero-order valence-electron chi connectivity index (χ0n) is 11.4. The van der Waals surface area contributed by atoms with E-state index in [1.54, 1.807) is 0 Å². The first-order valence-electron chi connectivity index (χ1n) is 7.08. The second kappa shape index (κ2) is 6.41. The number of nitrogens with zero attached hydrogens (tertiary/aromatic N) is 2. The molecule has 0 bridgehead atoms. The molecule has 2 N–H and O–H groups in total. The van der Waals surface area contributed by atoms with Crippen LogP contribution in [0.3, 0.4) is 0 Å². The second-order valence-corrected chi connectivity index (χ2v) is 6.36. The van der Waals surface area contributed by atoms with Crippen LogP contribution in [0.25, 0.3) is 0 Å². The first-order valence-corrected chi connectivity index (χ1v) is 8.12. The van der Waals surface area contributed by atoms with Crippen LogP contribution in [-0.4, -0.2) is 15.9 Å². The number of aromatic nitrogens is 2. The fourth-order valence-corrected chi connectivity index (χ4v) is 3.74. The molecule has 0 saturated carbocycles. The summed E-state index contributed by atoms with van der Waals surface area (Å²) >= 11 is 1.94. The predicted octanol–water partition coefficient (Wildman–Crippen LogP) is 3.08. The highest BCUT2D eigenvalue weighted by molar-refractivity contribution is 7.99. The van der Waals surface area contributed by atoms with E-state index in [-0.39, 0.29) is 0 Å². The van der Waals surface area contributed by atoms with Gasteiger partial charge in [-0.1, -0.05) is 35.8 Å². The number of benzene rings is 1. The summed E-state index contributed by atoms with van der Waals surface area (Å²) in [5, 5.41) is 4.56. The van der Waals surface area contributed by atoms with E-state index in [9.17, 15) is 0 Å². The van der Waals surface area contributed by atoms with Gasteiger partial charge in [0.05, 0.1) is 11.7 Å². The normalized spacial score (nSPS) is 19.1. The van der Waals surface area contributed by atoms with Gasteiger partial charge in [-0.05, 0) is 29.7 Å². The maximum Gasteiger partial charge on any atom is 0.231 e. The summed E-state index contributed by atoms with van der Waals surface area (Å²) in [6, 6.07) is 8.14. The van der Waals surface area contributed by atoms with Crippen molar-refractivity contribution in [2.75, 3.05) is 5.75 Å². The van der Waals surface area contributed by atoms with Gasteiger partial charge in [0.2, 0.25) is 5.89 Å². The van der Waals surface area contributed by atoms with Crippen LogP contribution >= 0.6 is 11.8 Å². The average molecular weight is 289 g/mol. The molecule has 1 saturated heterocycles. The topological polar surface area (TPSA) is 64.9 Å². The molecule has 1 aliphatic rings. The lowest BCUT2D eigenvalue weighted by atomic mass is 10.0. The highest BCUT2D eigenvalue weighted by Crippen LogP contribution is 2.36. The van der Waals surface area contributed by atoms with Crippen LogP contribution in [0.2, 0.25) is 0 Å². The van der Waals surface area contributed by atoms with Crippen molar-refractivity contribution in [2.45, 2.75) is 37.5 Å². The first-order chi connectivity index (χ1) is 9.86. The summed E-state index contributed by atoms with van der Waals surface area (Å²) < 4.78 is 5.41. The van der Waals surface area contributed by atoms with Crippen molar-refractivity contribution in [3.05, 3.63) is 47.1 Å². The van der Waals surface area contributed by atoms with Crippen LogP contribution in [0.1, 0.15) is 47.4 Å². The molecule has 1 fully saturated rings. The van der Waals surface area contributed by atoms with Crippen LogP contribution in [0, 0.1) is 0 Å². The Labute approximate surface area is 123 Å². The molecule has 5 heteroatoms. The number of hydrogen-bond acceptors (Lipinski definition) is 5. The number of rotatable bonds is 4. The summed E-state index contributed by atoms with van der Waals surface area (Å²) in [5.74, 6) is 2.74. The second-order valence-electron chi connectivity index (χ2n) is 5.05. The van der Waals surface area contributed by atoms with Gasteiger partial charge in [0, 0.05) is 6.54 Å². The third kappa shape index (κ3) is 3.04. The molecular formula is C15H19N3OS.